The van der Waals surface area contributed by atoms with Crippen molar-refractivity contribution in [3.63, 3.8) is 0 Å². The van der Waals surface area contributed by atoms with Crippen LogP contribution >= 0.6 is 0 Å². The maximum Gasteiger partial charge on any atom is 0.191 e. The first-order valence-corrected chi connectivity index (χ1v) is 11.5. The van der Waals surface area contributed by atoms with E-state index >= 15 is 0 Å². The molecule has 0 saturated heterocycles. The number of allylic oxidation sites excluding steroid dienone is 4. The normalized spacial score (nSPS) is 23.9. The van der Waals surface area contributed by atoms with Crippen LogP contribution in [0.4, 0.5) is 0 Å². The third kappa shape index (κ3) is 4.05. The largest absolute Gasteiger partial charge is 0.490 e. The molecule has 6 nitrogen and oxygen atoms in total. The Morgan fingerprint density at radius 3 is 2.24 bits per heavy atom. The summed E-state index contributed by atoms with van der Waals surface area (Å²) in [5.41, 5.74) is 6.80. The van der Waals surface area contributed by atoms with Gasteiger partial charge in [0.2, 0.25) is 0 Å². The molecule has 0 fully saturated rings. The van der Waals surface area contributed by atoms with E-state index in [4.69, 9.17) is 15.2 Å². The number of hydrogen-bond acceptors (Lipinski definition) is 6. The van der Waals surface area contributed by atoms with Crippen molar-refractivity contribution in [2.75, 3.05) is 13.2 Å². The van der Waals surface area contributed by atoms with Crippen molar-refractivity contribution in [2.45, 2.75) is 53.4 Å². The van der Waals surface area contributed by atoms with Crippen LogP contribution in [-0.2, 0) is 0 Å². The topological polar surface area (TPSA) is 116 Å². The van der Waals surface area contributed by atoms with Crippen LogP contribution in [-0.4, -0.2) is 13.2 Å². The van der Waals surface area contributed by atoms with E-state index in [1.807, 2.05) is 32.0 Å². The summed E-state index contributed by atoms with van der Waals surface area (Å²) in [7, 11) is 0. The van der Waals surface area contributed by atoms with E-state index in [2.05, 4.69) is 45.1 Å². The van der Waals surface area contributed by atoms with Gasteiger partial charge >= 0.3 is 0 Å². The highest BCUT2D eigenvalue weighted by atomic mass is 16.5. The predicted molar refractivity (Wildman–Crippen MR) is 126 cm³/mol. The standard InChI is InChI=1S/C27H32N4O2/c1-6-32-22-11-8-17(12-23(22)33-7-2)24-20-13-18(26(3,4)5)9-10-19(20)21(14-28)25(31)27(24,15-29)16-30/h8,10-12,18,20,24H,6-7,9,13,31H2,1-5H3. The van der Waals surface area contributed by atoms with Gasteiger partial charge in [0.15, 0.2) is 16.9 Å². The van der Waals surface area contributed by atoms with Gasteiger partial charge in [-0.3, -0.25) is 0 Å². The molecule has 0 heterocycles. The molecule has 2 aliphatic carbocycles. The molecule has 1 aromatic rings. The van der Waals surface area contributed by atoms with Gasteiger partial charge in [-0.2, -0.15) is 15.8 Å². The minimum absolute atomic E-state index is 0.0450. The maximum absolute atomic E-state index is 10.3. The summed E-state index contributed by atoms with van der Waals surface area (Å²) in [5, 5.41) is 30.6. The van der Waals surface area contributed by atoms with Crippen molar-refractivity contribution in [3.05, 3.63) is 46.7 Å². The number of fused-ring (bicyclic) bond motifs is 1. The number of nitrogens with two attached hydrogens (primary N) is 1. The Kier molecular flexibility index (Phi) is 6.76. The maximum atomic E-state index is 10.3. The van der Waals surface area contributed by atoms with Gasteiger partial charge in [-0.25, -0.2) is 0 Å². The summed E-state index contributed by atoms with van der Waals surface area (Å²) in [4.78, 5) is 0. The van der Waals surface area contributed by atoms with Crippen molar-refractivity contribution < 1.29 is 9.47 Å². The van der Waals surface area contributed by atoms with Gasteiger partial charge in [-0.15, -0.1) is 0 Å². The SMILES string of the molecule is CCOc1ccc(C2C3CC(C(C)(C)C)CC=C3C(C#N)=C(N)C2(C#N)C#N)cc1OCC. The van der Waals surface area contributed by atoms with Crippen LogP contribution in [0.5, 0.6) is 11.5 Å². The van der Waals surface area contributed by atoms with Crippen molar-refractivity contribution in [3.8, 4) is 29.7 Å². The van der Waals surface area contributed by atoms with Crippen LogP contribution in [0.1, 0.15) is 58.9 Å². The summed E-state index contributed by atoms with van der Waals surface area (Å²) in [5.74, 6) is 0.820. The Bertz CT molecular complexity index is 1090. The summed E-state index contributed by atoms with van der Waals surface area (Å²) < 4.78 is 11.6. The lowest BCUT2D eigenvalue weighted by molar-refractivity contribution is 0.170. The van der Waals surface area contributed by atoms with E-state index in [1.165, 1.54) is 0 Å². The first-order valence-electron chi connectivity index (χ1n) is 11.5. The molecular formula is C27H32N4O2. The average molecular weight is 445 g/mol. The summed E-state index contributed by atoms with van der Waals surface area (Å²) >= 11 is 0. The fourth-order valence-electron chi connectivity index (χ4n) is 5.24. The second kappa shape index (κ2) is 9.21. The Balaban J connectivity index is 2.28. The molecule has 0 aliphatic heterocycles. The van der Waals surface area contributed by atoms with Gasteiger partial charge in [0.05, 0.1) is 36.6 Å². The zero-order valence-corrected chi connectivity index (χ0v) is 20.1. The van der Waals surface area contributed by atoms with Crippen LogP contribution in [0.2, 0.25) is 0 Å². The highest BCUT2D eigenvalue weighted by Crippen LogP contribution is 2.58. The van der Waals surface area contributed by atoms with Gasteiger partial charge in [0.25, 0.3) is 0 Å². The third-order valence-corrected chi connectivity index (χ3v) is 7.03. The molecule has 0 saturated carbocycles. The van der Waals surface area contributed by atoms with Crippen molar-refractivity contribution in [1.82, 2.24) is 0 Å². The van der Waals surface area contributed by atoms with Crippen LogP contribution in [0.15, 0.2) is 41.1 Å². The number of nitrogens with zero attached hydrogens (tertiary/aromatic N) is 3. The zero-order chi connectivity index (χ0) is 24.4. The Labute approximate surface area is 196 Å². The molecular weight excluding hydrogens is 412 g/mol. The molecule has 0 spiro atoms. The van der Waals surface area contributed by atoms with Gasteiger partial charge in [0.1, 0.15) is 6.07 Å². The van der Waals surface area contributed by atoms with Gasteiger partial charge in [-0.1, -0.05) is 32.9 Å². The first-order chi connectivity index (χ1) is 15.7. The average Bonchev–Trinajstić information content (AvgIpc) is 2.79. The molecule has 0 bridgehead atoms. The number of hydrogen-bond donors (Lipinski definition) is 1. The molecule has 0 radical (unpaired) electrons. The fraction of sp³-hybridized carbons (Fsp3) is 0.519. The highest BCUT2D eigenvalue weighted by Gasteiger charge is 2.55. The summed E-state index contributed by atoms with van der Waals surface area (Å²) in [6.45, 7) is 11.4. The smallest absolute Gasteiger partial charge is 0.191 e. The second-order valence-electron chi connectivity index (χ2n) is 9.78. The number of benzene rings is 1. The highest BCUT2D eigenvalue weighted by molar-refractivity contribution is 5.60. The minimum Gasteiger partial charge on any atom is -0.490 e. The van der Waals surface area contributed by atoms with E-state index in [0.717, 1.165) is 24.0 Å². The van der Waals surface area contributed by atoms with E-state index in [-0.39, 0.29) is 22.6 Å². The van der Waals surface area contributed by atoms with E-state index in [1.54, 1.807) is 0 Å². The quantitative estimate of drug-likeness (QED) is 0.654. The number of ether oxygens (including phenoxy) is 2. The second-order valence-corrected chi connectivity index (χ2v) is 9.78. The van der Waals surface area contributed by atoms with Crippen LogP contribution in [0, 0.1) is 56.7 Å². The van der Waals surface area contributed by atoms with Crippen LogP contribution < -0.4 is 15.2 Å². The molecule has 2 N–H and O–H groups in total. The van der Waals surface area contributed by atoms with Crippen molar-refractivity contribution in [1.29, 1.82) is 15.8 Å². The number of nitriles is 3. The van der Waals surface area contributed by atoms with E-state index in [9.17, 15) is 15.8 Å². The molecule has 0 aromatic heterocycles. The monoisotopic (exact) mass is 444 g/mol. The predicted octanol–water partition coefficient (Wildman–Crippen LogP) is 5.35. The molecule has 3 unspecified atom stereocenters. The summed E-state index contributed by atoms with van der Waals surface area (Å²) in [6.07, 6.45) is 3.69. The Morgan fingerprint density at radius 1 is 1.06 bits per heavy atom. The summed E-state index contributed by atoms with van der Waals surface area (Å²) in [6, 6.07) is 12.2. The fourth-order valence-corrected chi connectivity index (χ4v) is 5.24. The van der Waals surface area contributed by atoms with E-state index < -0.39 is 11.3 Å². The molecule has 0 amide bonds. The lowest BCUT2D eigenvalue weighted by Crippen LogP contribution is -2.44. The van der Waals surface area contributed by atoms with Gasteiger partial charge < -0.3 is 15.2 Å². The lowest BCUT2D eigenvalue weighted by atomic mass is 9.54. The molecule has 6 heteroatoms. The first kappa shape index (κ1) is 24.2. The minimum atomic E-state index is -1.65. The lowest BCUT2D eigenvalue weighted by Gasteiger charge is -2.47. The van der Waals surface area contributed by atoms with Gasteiger partial charge in [-0.05, 0) is 67.2 Å². The molecule has 33 heavy (non-hydrogen) atoms. The van der Waals surface area contributed by atoms with Crippen molar-refractivity contribution >= 4 is 0 Å². The van der Waals surface area contributed by atoms with E-state index in [0.29, 0.717) is 30.6 Å². The van der Waals surface area contributed by atoms with Crippen LogP contribution in [0.25, 0.3) is 0 Å². The van der Waals surface area contributed by atoms with Crippen molar-refractivity contribution in [2.24, 2.45) is 28.4 Å². The molecule has 3 atom stereocenters. The molecule has 172 valence electrons. The Morgan fingerprint density at radius 2 is 1.70 bits per heavy atom. The van der Waals surface area contributed by atoms with Gasteiger partial charge in [0, 0.05) is 5.92 Å². The molecule has 2 aliphatic rings. The molecule has 1 aromatic carbocycles. The molecule has 3 rings (SSSR count). The third-order valence-electron chi connectivity index (χ3n) is 7.03. The van der Waals surface area contributed by atoms with Crippen LogP contribution in [0.3, 0.4) is 0 Å². The number of rotatable bonds is 5. The zero-order valence-electron chi connectivity index (χ0n) is 20.1. The Hall–Kier alpha value is -3.43.